The van der Waals surface area contributed by atoms with Crippen molar-refractivity contribution in [3.8, 4) is 0 Å². The summed E-state index contributed by atoms with van der Waals surface area (Å²) in [7, 11) is 0. The van der Waals surface area contributed by atoms with Gasteiger partial charge in [0.1, 0.15) is 5.54 Å². The van der Waals surface area contributed by atoms with Gasteiger partial charge in [0.15, 0.2) is 0 Å². The first-order valence-corrected chi connectivity index (χ1v) is 7.57. The SMILES string of the molecule is O=C1NC2(CCCCC2)C(=O)N1C/C=C/c1ccccc1. The molecule has 4 nitrogen and oxygen atoms in total. The number of carbonyl (C=O) groups is 2. The average Bonchev–Trinajstić information content (AvgIpc) is 2.73. The predicted molar refractivity (Wildman–Crippen MR) is 81.5 cm³/mol. The van der Waals surface area contributed by atoms with Gasteiger partial charge in [0.05, 0.1) is 0 Å². The highest BCUT2D eigenvalue weighted by Gasteiger charge is 2.50. The van der Waals surface area contributed by atoms with Crippen LogP contribution in [0, 0.1) is 0 Å². The normalized spacial score (nSPS) is 21.2. The second-order valence-electron chi connectivity index (χ2n) is 5.80. The van der Waals surface area contributed by atoms with Gasteiger partial charge in [0.2, 0.25) is 0 Å². The quantitative estimate of drug-likeness (QED) is 0.868. The molecule has 1 aromatic rings. The van der Waals surface area contributed by atoms with Crippen LogP contribution < -0.4 is 5.32 Å². The van der Waals surface area contributed by atoms with Crippen molar-refractivity contribution in [2.75, 3.05) is 6.54 Å². The standard InChI is InChI=1S/C17H20N2O2/c20-15-17(11-5-2-6-12-17)18-16(21)19(15)13-7-10-14-8-3-1-4-9-14/h1,3-4,7-10H,2,5-6,11-13H2,(H,18,21)/b10-7+. The maximum absolute atomic E-state index is 12.5. The van der Waals surface area contributed by atoms with Gasteiger partial charge in [-0.15, -0.1) is 0 Å². The molecular formula is C17H20N2O2. The van der Waals surface area contributed by atoms with Gasteiger partial charge >= 0.3 is 6.03 Å². The molecule has 3 rings (SSSR count). The molecule has 1 aliphatic heterocycles. The molecule has 0 bridgehead atoms. The molecule has 4 heteroatoms. The number of nitrogens with zero attached hydrogens (tertiary/aromatic N) is 1. The van der Waals surface area contributed by atoms with E-state index in [1.54, 1.807) is 0 Å². The smallest absolute Gasteiger partial charge is 0.323 e. The zero-order chi connectivity index (χ0) is 14.7. The molecule has 2 fully saturated rings. The average molecular weight is 284 g/mol. The van der Waals surface area contributed by atoms with E-state index in [9.17, 15) is 9.59 Å². The Kier molecular flexibility index (Phi) is 3.78. The lowest BCUT2D eigenvalue weighted by Gasteiger charge is -2.30. The van der Waals surface area contributed by atoms with Crippen LogP contribution in [-0.2, 0) is 4.79 Å². The molecule has 3 amide bonds. The van der Waals surface area contributed by atoms with E-state index in [2.05, 4.69) is 5.32 Å². The van der Waals surface area contributed by atoms with Crippen LogP contribution >= 0.6 is 0 Å². The first-order chi connectivity index (χ1) is 10.2. The monoisotopic (exact) mass is 284 g/mol. The number of amides is 3. The van der Waals surface area contributed by atoms with Gasteiger partial charge in [-0.3, -0.25) is 9.69 Å². The molecule has 0 aromatic heterocycles. The van der Waals surface area contributed by atoms with Crippen LogP contribution in [0.15, 0.2) is 36.4 Å². The van der Waals surface area contributed by atoms with Gasteiger partial charge in [0.25, 0.3) is 5.91 Å². The van der Waals surface area contributed by atoms with Crippen molar-refractivity contribution in [3.05, 3.63) is 42.0 Å². The van der Waals surface area contributed by atoms with Crippen LogP contribution in [0.2, 0.25) is 0 Å². The molecule has 1 aliphatic carbocycles. The van der Waals surface area contributed by atoms with Gasteiger partial charge in [-0.05, 0) is 18.4 Å². The van der Waals surface area contributed by atoms with Crippen LogP contribution in [0.5, 0.6) is 0 Å². The van der Waals surface area contributed by atoms with E-state index >= 15 is 0 Å². The molecular weight excluding hydrogens is 264 g/mol. The number of nitrogens with one attached hydrogen (secondary N) is 1. The summed E-state index contributed by atoms with van der Waals surface area (Å²) >= 11 is 0. The van der Waals surface area contributed by atoms with Crippen molar-refractivity contribution in [1.29, 1.82) is 0 Å². The van der Waals surface area contributed by atoms with Gasteiger partial charge < -0.3 is 5.32 Å². The number of benzene rings is 1. The lowest BCUT2D eigenvalue weighted by molar-refractivity contribution is -0.132. The van der Waals surface area contributed by atoms with Gasteiger partial charge in [0, 0.05) is 6.54 Å². The van der Waals surface area contributed by atoms with Crippen molar-refractivity contribution in [2.45, 2.75) is 37.6 Å². The third kappa shape index (κ3) is 2.71. The van der Waals surface area contributed by atoms with E-state index in [1.165, 1.54) is 4.90 Å². The van der Waals surface area contributed by atoms with Crippen LogP contribution in [0.25, 0.3) is 6.08 Å². The Morgan fingerprint density at radius 2 is 1.81 bits per heavy atom. The van der Waals surface area contributed by atoms with Crippen LogP contribution in [0.4, 0.5) is 4.79 Å². The lowest BCUT2D eigenvalue weighted by atomic mass is 9.82. The van der Waals surface area contributed by atoms with E-state index in [0.717, 1.165) is 37.7 Å². The molecule has 1 spiro atoms. The summed E-state index contributed by atoms with van der Waals surface area (Å²) in [4.78, 5) is 25.9. The number of hydrogen-bond acceptors (Lipinski definition) is 2. The summed E-state index contributed by atoms with van der Waals surface area (Å²) < 4.78 is 0. The fourth-order valence-corrected chi connectivity index (χ4v) is 3.19. The Hall–Kier alpha value is -2.10. The Bertz CT molecular complexity index is 559. The Balaban J connectivity index is 1.67. The Morgan fingerprint density at radius 1 is 1.10 bits per heavy atom. The molecule has 2 aliphatic rings. The van der Waals surface area contributed by atoms with Gasteiger partial charge in [-0.1, -0.05) is 61.7 Å². The highest BCUT2D eigenvalue weighted by molar-refractivity contribution is 6.07. The summed E-state index contributed by atoms with van der Waals surface area (Å²) in [6.45, 7) is 0.335. The summed E-state index contributed by atoms with van der Waals surface area (Å²) in [5, 5.41) is 2.92. The summed E-state index contributed by atoms with van der Waals surface area (Å²) in [5.74, 6) is -0.0510. The van der Waals surface area contributed by atoms with Crippen molar-refractivity contribution in [2.24, 2.45) is 0 Å². The number of urea groups is 1. The highest BCUT2D eigenvalue weighted by atomic mass is 16.2. The molecule has 1 heterocycles. The Labute approximate surface area is 124 Å². The zero-order valence-electron chi connectivity index (χ0n) is 12.0. The topological polar surface area (TPSA) is 49.4 Å². The maximum atomic E-state index is 12.5. The van der Waals surface area contributed by atoms with Crippen molar-refractivity contribution in [1.82, 2.24) is 10.2 Å². The fraction of sp³-hybridized carbons (Fsp3) is 0.412. The minimum absolute atomic E-state index is 0.0510. The van der Waals surface area contributed by atoms with Gasteiger partial charge in [-0.2, -0.15) is 0 Å². The maximum Gasteiger partial charge on any atom is 0.325 e. The van der Waals surface area contributed by atoms with Crippen molar-refractivity contribution >= 4 is 18.0 Å². The Morgan fingerprint density at radius 3 is 2.52 bits per heavy atom. The highest BCUT2D eigenvalue weighted by Crippen LogP contribution is 2.33. The number of rotatable bonds is 3. The van der Waals surface area contributed by atoms with Crippen LogP contribution in [0.1, 0.15) is 37.7 Å². The molecule has 110 valence electrons. The van der Waals surface area contributed by atoms with Crippen LogP contribution in [-0.4, -0.2) is 28.9 Å². The van der Waals surface area contributed by atoms with E-state index < -0.39 is 5.54 Å². The first-order valence-electron chi connectivity index (χ1n) is 7.57. The molecule has 1 aromatic carbocycles. The largest absolute Gasteiger partial charge is 0.325 e. The number of imide groups is 1. The number of carbonyl (C=O) groups excluding carboxylic acids is 2. The fourth-order valence-electron chi connectivity index (χ4n) is 3.19. The minimum atomic E-state index is -0.615. The molecule has 1 saturated carbocycles. The second-order valence-corrected chi connectivity index (χ2v) is 5.80. The lowest BCUT2D eigenvalue weighted by Crippen LogP contribution is -2.48. The summed E-state index contributed by atoms with van der Waals surface area (Å²) in [5.41, 5.74) is 0.451. The van der Waals surface area contributed by atoms with Crippen molar-refractivity contribution < 1.29 is 9.59 Å². The molecule has 0 atom stereocenters. The number of hydrogen-bond donors (Lipinski definition) is 1. The molecule has 1 saturated heterocycles. The third-order valence-electron chi connectivity index (χ3n) is 4.35. The second kappa shape index (κ2) is 5.72. The summed E-state index contributed by atoms with van der Waals surface area (Å²) in [6, 6.07) is 9.62. The third-order valence-corrected chi connectivity index (χ3v) is 4.35. The van der Waals surface area contributed by atoms with E-state index in [0.29, 0.717) is 6.54 Å². The van der Waals surface area contributed by atoms with Gasteiger partial charge in [-0.25, -0.2) is 4.79 Å². The molecule has 0 radical (unpaired) electrons. The van der Waals surface area contributed by atoms with Crippen molar-refractivity contribution in [3.63, 3.8) is 0 Å². The van der Waals surface area contributed by atoms with E-state index in [-0.39, 0.29) is 11.9 Å². The summed E-state index contributed by atoms with van der Waals surface area (Å²) in [6.07, 6.45) is 8.53. The van der Waals surface area contributed by atoms with E-state index in [4.69, 9.17) is 0 Å². The minimum Gasteiger partial charge on any atom is -0.323 e. The van der Waals surface area contributed by atoms with E-state index in [1.807, 2.05) is 42.5 Å². The first kappa shape index (κ1) is 13.9. The molecule has 0 unspecified atom stereocenters. The molecule has 21 heavy (non-hydrogen) atoms. The molecule has 1 N–H and O–H groups in total. The predicted octanol–water partition coefficient (Wildman–Crippen LogP) is 2.95. The van der Waals surface area contributed by atoms with Crippen LogP contribution in [0.3, 0.4) is 0 Å². The zero-order valence-corrected chi connectivity index (χ0v) is 12.0.